The molecule has 142 valence electrons. The molecule has 0 amide bonds. The molecule has 4 rings (SSSR count). The van der Waals surface area contributed by atoms with Gasteiger partial charge < -0.3 is 4.42 Å². The Morgan fingerprint density at radius 2 is 1.89 bits per heavy atom. The number of aryl methyl sites for hydroxylation is 3. The minimum absolute atomic E-state index is 0.0132. The smallest absolute Gasteiger partial charge is 0.390 e. The van der Waals surface area contributed by atoms with Gasteiger partial charge in [0.15, 0.2) is 5.65 Å². The van der Waals surface area contributed by atoms with Gasteiger partial charge in [-0.3, -0.25) is 9.36 Å². The quantitative estimate of drug-likeness (QED) is 0.512. The summed E-state index contributed by atoms with van der Waals surface area (Å²) >= 11 is 5.87. The zero-order valence-electron chi connectivity index (χ0n) is 15.0. The third-order valence-corrected chi connectivity index (χ3v) is 4.66. The number of benzene rings is 1. The van der Waals surface area contributed by atoms with Crippen molar-refractivity contribution in [1.82, 2.24) is 24.3 Å². The Kier molecular flexibility index (Phi) is 4.79. The van der Waals surface area contributed by atoms with Gasteiger partial charge in [-0.2, -0.15) is 4.68 Å². The molecule has 4 aromatic rings. The van der Waals surface area contributed by atoms with Crippen molar-refractivity contribution >= 4 is 22.6 Å². The molecule has 0 fully saturated rings. The number of rotatable bonds is 5. The molecule has 0 spiro atoms. The second kappa shape index (κ2) is 7.40. The first-order chi connectivity index (χ1) is 13.5. The van der Waals surface area contributed by atoms with E-state index in [4.69, 9.17) is 16.0 Å². The van der Waals surface area contributed by atoms with E-state index in [2.05, 4.69) is 15.1 Å². The number of fused-ring (bicyclic) bond motifs is 1. The molecule has 1 aromatic carbocycles. The lowest BCUT2D eigenvalue weighted by Crippen LogP contribution is -2.22. The van der Waals surface area contributed by atoms with Crippen LogP contribution in [0.15, 0.2) is 56.9 Å². The van der Waals surface area contributed by atoms with E-state index in [9.17, 15) is 9.59 Å². The molecule has 0 aliphatic heterocycles. The Hall–Kier alpha value is -3.26. The number of aromatic nitrogens is 5. The Morgan fingerprint density at radius 3 is 2.68 bits per heavy atom. The molecule has 0 saturated carbocycles. The maximum absolute atomic E-state index is 12.7. The fourth-order valence-corrected chi connectivity index (χ4v) is 3.05. The van der Waals surface area contributed by atoms with Gasteiger partial charge in [0.1, 0.15) is 12.9 Å². The summed E-state index contributed by atoms with van der Waals surface area (Å²) in [6.45, 7) is 2.19. The summed E-state index contributed by atoms with van der Waals surface area (Å²) in [5.41, 5.74) is 1.94. The fraction of sp³-hybridized carbons (Fsp3) is 0.211. The van der Waals surface area contributed by atoms with Crippen LogP contribution >= 0.6 is 11.6 Å². The van der Waals surface area contributed by atoms with Crippen LogP contribution in [0.4, 0.5) is 0 Å². The van der Waals surface area contributed by atoms with Gasteiger partial charge in [0, 0.05) is 11.2 Å². The third kappa shape index (κ3) is 3.59. The van der Waals surface area contributed by atoms with Gasteiger partial charge in [-0.15, -0.1) is 5.10 Å². The minimum atomic E-state index is -0.566. The van der Waals surface area contributed by atoms with Crippen LogP contribution in [0.3, 0.4) is 0 Å². The molecule has 0 aliphatic carbocycles. The average molecular weight is 398 g/mol. The predicted octanol–water partition coefficient (Wildman–Crippen LogP) is 2.19. The summed E-state index contributed by atoms with van der Waals surface area (Å²) in [5, 5.41) is 5.29. The van der Waals surface area contributed by atoms with Gasteiger partial charge in [0.2, 0.25) is 5.89 Å². The molecule has 0 aliphatic rings. The van der Waals surface area contributed by atoms with Gasteiger partial charge in [-0.05, 0) is 42.7 Å². The van der Waals surface area contributed by atoms with E-state index in [-0.39, 0.29) is 18.0 Å². The molecule has 0 bridgehead atoms. The average Bonchev–Trinajstić information content (AvgIpc) is 3.03. The maximum Gasteiger partial charge on any atom is 0.437 e. The van der Waals surface area contributed by atoms with Crippen molar-refractivity contribution in [3.8, 4) is 0 Å². The van der Waals surface area contributed by atoms with Crippen LogP contribution in [0, 0.1) is 6.92 Å². The standard InChI is InChI=1S/C19H16ClN5O3/c1-12-6-8-21-17-16(12)18(26)24(11-22-17)10-15-23-25(19(27)28-15)9-7-13-2-4-14(20)5-3-13/h2-6,8,11H,7,9-10H2,1H3. The van der Waals surface area contributed by atoms with Crippen molar-refractivity contribution in [1.29, 1.82) is 0 Å². The van der Waals surface area contributed by atoms with Gasteiger partial charge in [-0.1, -0.05) is 23.7 Å². The van der Waals surface area contributed by atoms with E-state index in [1.54, 1.807) is 24.4 Å². The molecule has 3 heterocycles. The minimum Gasteiger partial charge on any atom is -0.390 e. The number of hydrogen-bond acceptors (Lipinski definition) is 6. The molecule has 0 unspecified atom stereocenters. The zero-order chi connectivity index (χ0) is 19.7. The molecule has 9 heteroatoms. The molecule has 8 nitrogen and oxygen atoms in total. The highest BCUT2D eigenvalue weighted by molar-refractivity contribution is 6.30. The number of pyridine rings is 1. The van der Waals surface area contributed by atoms with Crippen molar-refractivity contribution in [3.63, 3.8) is 0 Å². The molecular formula is C19H16ClN5O3. The topological polar surface area (TPSA) is 95.8 Å². The zero-order valence-corrected chi connectivity index (χ0v) is 15.8. The lowest BCUT2D eigenvalue weighted by molar-refractivity contribution is 0.434. The Labute approximate surface area is 164 Å². The van der Waals surface area contributed by atoms with Crippen molar-refractivity contribution in [3.05, 3.63) is 85.8 Å². The highest BCUT2D eigenvalue weighted by Crippen LogP contribution is 2.11. The van der Waals surface area contributed by atoms with Crippen LogP contribution in [0.5, 0.6) is 0 Å². The largest absolute Gasteiger partial charge is 0.437 e. The van der Waals surface area contributed by atoms with Crippen LogP contribution in [0.1, 0.15) is 17.0 Å². The van der Waals surface area contributed by atoms with E-state index in [1.165, 1.54) is 15.6 Å². The maximum atomic E-state index is 12.7. The van der Waals surface area contributed by atoms with Crippen molar-refractivity contribution in [2.24, 2.45) is 0 Å². The SMILES string of the molecule is Cc1ccnc2ncn(Cc3nn(CCc4ccc(Cl)cc4)c(=O)o3)c(=O)c12. The van der Waals surface area contributed by atoms with Crippen LogP contribution in [0.2, 0.25) is 5.02 Å². The summed E-state index contributed by atoms with van der Waals surface area (Å²) in [5.74, 6) is -0.422. The van der Waals surface area contributed by atoms with Gasteiger partial charge in [0.25, 0.3) is 5.56 Å². The lowest BCUT2D eigenvalue weighted by Gasteiger charge is -2.05. The van der Waals surface area contributed by atoms with Gasteiger partial charge in [0.05, 0.1) is 11.9 Å². The lowest BCUT2D eigenvalue weighted by atomic mass is 10.1. The summed E-state index contributed by atoms with van der Waals surface area (Å²) in [6, 6.07) is 9.13. The summed E-state index contributed by atoms with van der Waals surface area (Å²) in [6.07, 6.45) is 3.59. The van der Waals surface area contributed by atoms with Crippen LogP contribution in [-0.4, -0.2) is 24.3 Å². The van der Waals surface area contributed by atoms with E-state index in [1.807, 2.05) is 19.1 Å². The molecule has 0 saturated heterocycles. The summed E-state index contributed by atoms with van der Waals surface area (Å²) in [4.78, 5) is 33.1. The van der Waals surface area contributed by atoms with E-state index >= 15 is 0 Å². The molecule has 28 heavy (non-hydrogen) atoms. The monoisotopic (exact) mass is 397 g/mol. The number of nitrogens with zero attached hydrogens (tertiary/aromatic N) is 5. The molecule has 3 aromatic heterocycles. The predicted molar refractivity (Wildman–Crippen MR) is 104 cm³/mol. The van der Waals surface area contributed by atoms with E-state index in [0.29, 0.717) is 29.0 Å². The van der Waals surface area contributed by atoms with Gasteiger partial charge in [-0.25, -0.2) is 14.8 Å². The van der Waals surface area contributed by atoms with Crippen LogP contribution < -0.4 is 11.3 Å². The molecule has 0 N–H and O–H groups in total. The van der Waals surface area contributed by atoms with Crippen molar-refractivity contribution in [2.75, 3.05) is 0 Å². The van der Waals surface area contributed by atoms with Crippen LogP contribution in [0.25, 0.3) is 11.0 Å². The normalized spacial score (nSPS) is 11.2. The second-order valence-electron chi connectivity index (χ2n) is 6.37. The van der Waals surface area contributed by atoms with Gasteiger partial charge >= 0.3 is 5.76 Å². The first kappa shape index (κ1) is 18.1. The first-order valence-corrected chi connectivity index (χ1v) is 9.01. The van der Waals surface area contributed by atoms with Crippen LogP contribution in [-0.2, 0) is 19.5 Å². The second-order valence-corrected chi connectivity index (χ2v) is 6.80. The van der Waals surface area contributed by atoms with Crippen molar-refractivity contribution < 1.29 is 4.42 Å². The first-order valence-electron chi connectivity index (χ1n) is 8.63. The van der Waals surface area contributed by atoms with Crippen molar-refractivity contribution in [2.45, 2.75) is 26.4 Å². The fourth-order valence-electron chi connectivity index (χ4n) is 2.93. The third-order valence-electron chi connectivity index (χ3n) is 4.41. The molecule has 0 radical (unpaired) electrons. The molecule has 0 atom stereocenters. The number of hydrogen-bond donors (Lipinski definition) is 0. The molecular weight excluding hydrogens is 382 g/mol. The summed E-state index contributed by atoms with van der Waals surface area (Å²) < 4.78 is 7.79. The van der Waals surface area contributed by atoms with E-state index in [0.717, 1.165) is 11.1 Å². The Morgan fingerprint density at radius 1 is 1.11 bits per heavy atom. The number of halogens is 1. The van der Waals surface area contributed by atoms with E-state index < -0.39 is 5.76 Å². The highest BCUT2D eigenvalue weighted by Gasteiger charge is 2.12. The summed E-state index contributed by atoms with van der Waals surface area (Å²) in [7, 11) is 0. The highest BCUT2D eigenvalue weighted by atomic mass is 35.5. The Balaban J connectivity index is 1.56. The Bertz CT molecular complexity index is 1260.